The third-order valence-corrected chi connectivity index (χ3v) is 3.49. The van der Waals surface area contributed by atoms with Crippen molar-refractivity contribution in [3.8, 4) is 0 Å². The molecule has 0 aromatic heterocycles. The Morgan fingerprint density at radius 1 is 1.37 bits per heavy atom. The molecule has 1 saturated heterocycles. The van der Waals surface area contributed by atoms with Crippen molar-refractivity contribution in [2.75, 3.05) is 6.54 Å². The summed E-state index contributed by atoms with van der Waals surface area (Å²) in [5.74, 6) is 0.250. The third kappa shape index (κ3) is 3.82. The van der Waals surface area contributed by atoms with Crippen LogP contribution in [-0.2, 0) is 4.79 Å². The first kappa shape index (κ1) is 13.6. The molecule has 0 unspecified atom stereocenters. The smallest absolute Gasteiger partial charge is 0.223 e. The standard InChI is InChI=1S/C17H21NO/c1-2-3-11-17(19)18-14-7-10-16(18)13-12-15-8-5-4-6-9-15/h2,4-6,8-9,12-13,16H,1,3,7,10-11,14H2/b13-12+/t16-/m0/s1. The average Bonchev–Trinajstić information content (AvgIpc) is 2.92. The van der Waals surface area contributed by atoms with E-state index in [9.17, 15) is 4.79 Å². The maximum atomic E-state index is 12.1. The fourth-order valence-electron chi connectivity index (χ4n) is 2.46. The Labute approximate surface area is 115 Å². The highest BCUT2D eigenvalue weighted by atomic mass is 16.2. The molecule has 1 aromatic carbocycles. The second-order valence-electron chi connectivity index (χ2n) is 4.89. The van der Waals surface area contributed by atoms with Gasteiger partial charge in [-0.2, -0.15) is 0 Å². The number of benzene rings is 1. The molecule has 0 spiro atoms. The summed E-state index contributed by atoms with van der Waals surface area (Å²) in [5.41, 5.74) is 1.19. The van der Waals surface area contributed by atoms with Crippen LogP contribution < -0.4 is 0 Å². The van der Waals surface area contributed by atoms with Gasteiger partial charge in [0, 0.05) is 13.0 Å². The fraction of sp³-hybridized carbons (Fsp3) is 0.353. The Hall–Kier alpha value is -1.83. The van der Waals surface area contributed by atoms with Gasteiger partial charge in [0.1, 0.15) is 0 Å². The molecule has 0 aliphatic carbocycles. The molecular weight excluding hydrogens is 234 g/mol. The van der Waals surface area contributed by atoms with E-state index >= 15 is 0 Å². The molecule has 1 atom stereocenters. The van der Waals surface area contributed by atoms with Crippen LogP contribution in [-0.4, -0.2) is 23.4 Å². The van der Waals surface area contributed by atoms with Crippen molar-refractivity contribution in [2.24, 2.45) is 0 Å². The van der Waals surface area contributed by atoms with Crippen LogP contribution in [0.4, 0.5) is 0 Å². The average molecular weight is 255 g/mol. The largest absolute Gasteiger partial charge is 0.336 e. The van der Waals surface area contributed by atoms with Crippen molar-refractivity contribution in [1.82, 2.24) is 4.90 Å². The van der Waals surface area contributed by atoms with Gasteiger partial charge in [-0.25, -0.2) is 0 Å². The Morgan fingerprint density at radius 3 is 2.89 bits per heavy atom. The molecule has 1 amide bonds. The van der Waals surface area contributed by atoms with Gasteiger partial charge in [-0.05, 0) is 24.8 Å². The summed E-state index contributed by atoms with van der Waals surface area (Å²) in [7, 11) is 0. The molecule has 2 nitrogen and oxygen atoms in total. The molecule has 1 fully saturated rings. The summed E-state index contributed by atoms with van der Waals surface area (Å²) in [4.78, 5) is 14.1. The molecule has 2 heteroatoms. The lowest BCUT2D eigenvalue weighted by Crippen LogP contribution is -2.34. The van der Waals surface area contributed by atoms with Crippen LogP contribution in [0.25, 0.3) is 6.08 Å². The number of carbonyl (C=O) groups is 1. The van der Waals surface area contributed by atoms with Gasteiger partial charge >= 0.3 is 0 Å². The lowest BCUT2D eigenvalue weighted by Gasteiger charge is -2.22. The Morgan fingerprint density at radius 2 is 2.16 bits per heavy atom. The minimum absolute atomic E-state index is 0.250. The molecule has 0 saturated carbocycles. The van der Waals surface area contributed by atoms with Gasteiger partial charge in [0.2, 0.25) is 5.91 Å². The zero-order valence-corrected chi connectivity index (χ0v) is 11.3. The van der Waals surface area contributed by atoms with Crippen molar-refractivity contribution in [2.45, 2.75) is 31.7 Å². The van der Waals surface area contributed by atoms with E-state index in [0.717, 1.165) is 25.8 Å². The Balaban J connectivity index is 1.97. The summed E-state index contributed by atoms with van der Waals surface area (Å²) in [6.07, 6.45) is 9.61. The van der Waals surface area contributed by atoms with Gasteiger partial charge in [0.25, 0.3) is 0 Å². The number of hydrogen-bond donors (Lipinski definition) is 0. The van der Waals surface area contributed by atoms with Gasteiger partial charge in [0.05, 0.1) is 6.04 Å². The third-order valence-electron chi connectivity index (χ3n) is 3.49. The molecule has 1 aliphatic heterocycles. The number of likely N-dealkylation sites (tertiary alicyclic amines) is 1. The molecule has 100 valence electrons. The van der Waals surface area contributed by atoms with E-state index < -0.39 is 0 Å². The van der Waals surface area contributed by atoms with Crippen molar-refractivity contribution in [3.05, 3.63) is 54.6 Å². The first-order chi connectivity index (χ1) is 9.31. The van der Waals surface area contributed by atoms with E-state index in [1.807, 2.05) is 29.2 Å². The van der Waals surface area contributed by atoms with Gasteiger partial charge < -0.3 is 4.90 Å². The van der Waals surface area contributed by atoms with Crippen molar-refractivity contribution < 1.29 is 4.79 Å². The molecule has 0 N–H and O–H groups in total. The van der Waals surface area contributed by atoms with E-state index in [2.05, 4.69) is 30.9 Å². The first-order valence-electron chi connectivity index (χ1n) is 6.95. The molecule has 1 aliphatic rings. The topological polar surface area (TPSA) is 20.3 Å². The Kier molecular flexibility index (Phi) is 4.96. The van der Waals surface area contributed by atoms with Crippen LogP contribution in [0.2, 0.25) is 0 Å². The van der Waals surface area contributed by atoms with Crippen molar-refractivity contribution in [1.29, 1.82) is 0 Å². The molecule has 1 aromatic rings. The highest BCUT2D eigenvalue weighted by Crippen LogP contribution is 2.20. The van der Waals surface area contributed by atoms with Crippen LogP contribution in [0.1, 0.15) is 31.2 Å². The molecule has 0 bridgehead atoms. The lowest BCUT2D eigenvalue weighted by molar-refractivity contribution is -0.131. The number of nitrogens with zero attached hydrogens (tertiary/aromatic N) is 1. The quantitative estimate of drug-likeness (QED) is 0.735. The van der Waals surface area contributed by atoms with Gasteiger partial charge in [-0.1, -0.05) is 48.6 Å². The van der Waals surface area contributed by atoms with Gasteiger partial charge in [-0.3, -0.25) is 4.79 Å². The first-order valence-corrected chi connectivity index (χ1v) is 6.95. The normalized spacial score (nSPS) is 18.9. The van der Waals surface area contributed by atoms with E-state index in [1.54, 1.807) is 0 Å². The minimum atomic E-state index is 0.250. The van der Waals surface area contributed by atoms with E-state index in [-0.39, 0.29) is 11.9 Å². The summed E-state index contributed by atoms with van der Waals surface area (Å²) < 4.78 is 0. The number of rotatable bonds is 5. The summed E-state index contributed by atoms with van der Waals surface area (Å²) in [5, 5.41) is 0. The minimum Gasteiger partial charge on any atom is -0.336 e. The van der Waals surface area contributed by atoms with E-state index in [0.29, 0.717) is 6.42 Å². The second kappa shape index (κ2) is 6.93. The lowest BCUT2D eigenvalue weighted by atomic mass is 10.1. The second-order valence-corrected chi connectivity index (χ2v) is 4.89. The van der Waals surface area contributed by atoms with Crippen molar-refractivity contribution >= 4 is 12.0 Å². The summed E-state index contributed by atoms with van der Waals surface area (Å²) >= 11 is 0. The molecular formula is C17H21NO. The maximum absolute atomic E-state index is 12.1. The number of amides is 1. The maximum Gasteiger partial charge on any atom is 0.223 e. The highest BCUT2D eigenvalue weighted by molar-refractivity contribution is 5.77. The zero-order valence-electron chi connectivity index (χ0n) is 11.3. The van der Waals surface area contributed by atoms with E-state index in [4.69, 9.17) is 0 Å². The van der Waals surface area contributed by atoms with Gasteiger partial charge in [0.15, 0.2) is 0 Å². The number of hydrogen-bond acceptors (Lipinski definition) is 1. The molecule has 1 heterocycles. The Bertz CT molecular complexity index is 450. The van der Waals surface area contributed by atoms with Gasteiger partial charge in [-0.15, -0.1) is 6.58 Å². The van der Waals surface area contributed by atoms with Crippen LogP contribution >= 0.6 is 0 Å². The van der Waals surface area contributed by atoms with Crippen LogP contribution in [0.5, 0.6) is 0 Å². The fourth-order valence-corrected chi connectivity index (χ4v) is 2.46. The number of allylic oxidation sites excluding steroid dienone is 1. The van der Waals surface area contributed by atoms with Crippen LogP contribution in [0.15, 0.2) is 49.1 Å². The molecule has 19 heavy (non-hydrogen) atoms. The number of carbonyl (C=O) groups excluding carboxylic acids is 1. The van der Waals surface area contributed by atoms with Crippen LogP contribution in [0.3, 0.4) is 0 Å². The molecule has 2 rings (SSSR count). The summed E-state index contributed by atoms with van der Waals surface area (Å²) in [6, 6.07) is 10.5. The van der Waals surface area contributed by atoms with Crippen molar-refractivity contribution in [3.63, 3.8) is 0 Å². The zero-order chi connectivity index (χ0) is 13.5. The SMILES string of the molecule is C=CCCC(=O)N1CCC[C@H]1/C=C/c1ccccc1. The summed E-state index contributed by atoms with van der Waals surface area (Å²) in [6.45, 7) is 4.56. The highest BCUT2D eigenvalue weighted by Gasteiger charge is 2.25. The van der Waals surface area contributed by atoms with E-state index in [1.165, 1.54) is 5.56 Å². The van der Waals surface area contributed by atoms with Crippen LogP contribution in [0, 0.1) is 0 Å². The predicted molar refractivity (Wildman–Crippen MR) is 79.6 cm³/mol. The monoisotopic (exact) mass is 255 g/mol. The predicted octanol–water partition coefficient (Wildman–Crippen LogP) is 3.66. The molecule has 0 radical (unpaired) electrons.